The van der Waals surface area contributed by atoms with Crippen molar-refractivity contribution in [1.29, 1.82) is 0 Å². The summed E-state index contributed by atoms with van der Waals surface area (Å²) < 4.78 is 12.3. The van der Waals surface area contributed by atoms with Crippen molar-refractivity contribution in [3.05, 3.63) is 85.7 Å². The van der Waals surface area contributed by atoms with Crippen molar-refractivity contribution < 1.29 is 19.1 Å². The molecule has 1 atom stereocenters. The molecule has 0 saturated heterocycles. The minimum Gasteiger partial charge on any atom is -0.465 e. The van der Waals surface area contributed by atoms with Gasteiger partial charge in [-0.15, -0.1) is 0 Å². The number of methoxy groups -OCH3 is 1. The van der Waals surface area contributed by atoms with Crippen LogP contribution in [0.4, 0.5) is 5.82 Å². The molecule has 1 unspecified atom stereocenters. The van der Waals surface area contributed by atoms with Crippen LogP contribution in [0.1, 0.15) is 34.3 Å². The fraction of sp³-hybridized carbons (Fsp3) is 0.273. The van der Waals surface area contributed by atoms with Crippen LogP contribution in [0.3, 0.4) is 0 Å². The molecule has 0 bridgehead atoms. The van der Waals surface area contributed by atoms with E-state index in [-0.39, 0.29) is 17.7 Å². The molecular formula is C22H23N3O6. The molecule has 31 heavy (non-hydrogen) atoms. The second kappa shape index (κ2) is 8.47. The van der Waals surface area contributed by atoms with Crippen molar-refractivity contribution in [3.8, 4) is 0 Å². The third-order valence-electron chi connectivity index (χ3n) is 5.20. The lowest BCUT2D eigenvalue weighted by atomic mass is 9.82. The Morgan fingerprint density at radius 2 is 1.77 bits per heavy atom. The van der Waals surface area contributed by atoms with E-state index in [1.807, 2.05) is 0 Å². The van der Waals surface area contributed by atoms with Crippen molar-refractivity contribution in [2.75, 3.05) is 19.0 Å². The number of benzene rings is 1. The molecule has 1 N–H and O–H groups in total. The second-order valence-corrected chi connectivity index (χ2v) is 7.07. The number of rotatable bonds is 5. The smallest absolute Gasteiger partial charge is 0.337 e. The van der Waals surface area contributed by atoms with Gasteiger partial charge in [-0.1, -0.05) is 24.8 Å². The van der Waals surface area contributed by atoms with Crippen LogP contribution in [0.15, 0.2) is 57.8 Å². The lowest BCUT2D eigenvalue weighted by Gasteiger charge is -2.30. The molecule has 162 valence electrons. The van der Waals surface area contributed by atoms with Crippen LogP contribution in [-0.4, -0.2) is 34.8 Å². The zero-order valence-corrected chi connectivity index (χ0v) is 17.7. The Balaban J connectivity index is 2.28. The minimum absolute atomic E-state index is 0.00174. The number of hydrogen-bond donors (Lipinski definition) is 1. The van der Waals surface area contributed by atoms with E-state index in [1.165, 1.54) is 24.8 Å². The third-order valence-corrected chi connectivity index (χ3v) is 5.20. The molecular weight excluding hydrogens is 402 g/mol. The van der Waals surface area contributed by atoms with Gasteiger partial charge < -0.3 is 14.8 Å². The van der Waals surface area contributed by atoms with E-state index in [0.29, 0.717) is 22.6 Å². The van der Waals surface area contributed by atoms with E-state index in [2.05, 4.69) is 11.9 Å². The summed E-state index contributed by atoms with van der Waals surface area (Å²) in [5, 5.41) is 3.01. The van der Waals surface area contributed by atoms with Gasteiger partial charge in [-0.05, 0) is 24.6 Å². The summed E-state index contributed by atoms with van der Waals surface area (Å²) in [6.45, 7) is 5.22. The van der Waals surface area contributed by atoms with Crippen LogP contribution < -0.4 is 16.6 Å². The number of hydrogen-bond acceptors (Lipinski definition) is 7. The van der Waals surface area contributed by atoms with E-state index in [9.17, 15) is 19.2 Å². The number of carbonyl (C=O) groups is 2. The van der Waals surface area contributed by atoms with E-state index in [4.69, 9.17) is 9.47 Å². The van der Waals surface area contributed by atoms with Gasteiger partial charge in [0.1, 0.15) is 12.4 Å². The maximum atomic E-state index is 13.1. The Morgan fingerprint density at radius 1 is 1.13 bits per heavy atom. The predicted octanol–water partition coefficient (Wildman–Crippen LogP) is 1.43. The topological polar surface area (TPSA) is 109 Å². The highest BCUT2D eigenvalue weighted by Gasteiger charge is 2.37. The van der Waals surface area contributed by atoms with Crippen molar-refractivity contribution in [3.63, 3.8) is 0 Å². The van der Waals surface area contributed by atoms with Crippen molar-refractivity contribution >= 4 is 17.8 Å². The van der Waals surface area contributed by atoms with Gasteiger partial charge in [0.25, 0.3) is 5.56 Å². The van der Waals surface area contributed by atoms with Crippen LogP contribution in [0.25, 0.3) is 0 Å². The molecule has 0 radical (unpaired) electrons. The highest BCUT2D eigenvalue weighted by Crippen LogP contribution is 2.40. The summed E-state index contributed by atoms with van der Waals surface area (Å²) in [5.41, 5.74) is 0.784. The molecule has 2 heterocycles. The number of esters is 2. The Hall–Kier alpha value is -3.88. The maximum absolute atomic E-state index is 13.1. The predicted molar refractivity (Wildman–Crippen MR) is 114 cm³/mol. The van der Waals surface area contributed by atoms with Gasteiger partial charge in [-0.3, -0.25) is 13.9 Å². The molecule has 1 aromatic heterocycles. The molecule has 0 amide bonds. The quantitative estimate of drug-likeness (QED) is 0.570. The molecule has 9 heteroatoms. The van der Waals surface area contributed by atoms with E-state index >= 15 is 0 Å². The van der Waals surface area contributed by atoms with Gasteiger partial charge in [0, 0.05) is 19.8 Å². The largest absolute Gasteiger partial charge is 0.465 e. The zero-order chi connectivity index (χ0) is 22.9. The van der Waals surface area contributed by atoms with E-state index < -0.39 is 29.1 Å². The number of nitrogens with zero attached hydrogens (tertiary/aromatic N) is 2. The Morgan fingerprint density at radius 3 is 2.35 bits per heavy atom. The number of anilines is 1. The Bertz CT molecular complexity index is 1220. The first-order valence-corrected chi connectivity index (χ1v) is 9.46. The monoisotopic (exact) mass is 425 g/mol. The van der Waals surface area contributed by atoms with Gasteiger partial charge in [0.15, 0.2) is 0 Å². The van der Waals surface area contributed by atoms with Crippen LogP contribution in [0.2, 0.25) is 0 Å². The van der Waals surface area contributed by atoms with Crippen LogP contribution in [-0.2, 0) is 28.4 Å². The van der Waals surface area contributed by atoms with Crippen LogP contribution in [0.5, 0.6) is 0 Å². The van der Waals surface area contributed by atoms with Crippen LogP contribution in [0, 0.1) is 0 Å². The number of carbonyl (C=O) groups excluding carboxylic acids is 2. The fourth-order valence-corrected chi connectivity index (χ4v) is 3.63. The number of nitrogens with one attached hydrogen (secondary N) is 1. The second-order valence-electron chi connectivity index (χ2n) is 7.07. The number of fused-ring (bicyclic) bond motifs is 1. The highest BCUT2D eigenvalue weighted by molar-refractivity contribution is 5.94. The molecule has 0 saturated carbocycles. The lowest BCUT2D eigenvalue weighted by Crippen LogP contribution is -2.43. The van der Waals surface area contributed by atoms with E-state index in [1.54, 1.807) is 38.2 Å². The SMILES string of the molecule is C=CCOC(=O)C1=C(C)Nc2c(c(=O)n(C)c(=O)n2C)C1c1ccc(C(=O)OC)cc1. The number of aromatic nitrogens is 2. The average molecular weight is 425 g/mol. The first kappa shape index (κ1) is 21.8. The standard InChI is InChI=1S/C22H23N3O6/c1-6-11-31-21(28)15-12(2)23-18-17(19(26)25(4)22(29)24(18)3)16(15)13-7-9-14(10-8-13)20(27)30-5/h6-10,16,23H,1,11H2,2-5H3. The first-order valence-electron chi connectivity index (χ1n) is 9.46. The van der Waals surface area contributed by atoms with Gasteiger partial charge in [-0.2, -0.15) is 0 Å². The first-order chi connectivity index (χ1) is 14.7. The molecule has 9 nitrogen and oxygen atoms in total. The summed E-state index contributed by atoms with van der Waals surface area (Å²) >= 11 is 0. The molecule has 2 aromatic rings. The minimum atomic E-state index is -0.814. The van der Waals surface area contributed by atoms with Crippen LogP contribution >= 0.6 is 0 Å². The molecule has 1 aromatic carbocycles. The van der Waals surface area contributed by atoms with Crippen molar-refractivity contribution in [2.45, 2.75) is 12.8 Å². The average Bonchev–Trinajstić information content (AvgIpc) is 2.78. The lowest BCUT2D eigenvalue weighted by molar-refractivity contribution is -0.138. The summed E-state index contributed by atoms with van der Waals surface area (Å²) in [7, 11) is 4.20. The molecule has 0 spiro atoms. The summed E-state index contributed by atoms with van der Waals surface area (Å²) in [5.74, 6) is -1.64. The Labute approximate surface area is 178 Å². The molecule has 1 aliphatic rings. The van der Waals surface area contributed by atoms with Crippen molar-refractivity contribution in [2.24, 2.45) is 14.1 Å². The molecule has 0 fully saturated rings. The van der Waals surface area contributed by atoms with Gasteiger partial charge in [0.05, 0.1) is 29.7 Å². The maximum Gasteiger partial charge on any atom is 0.337 e. The van der Waals surface area contributed by atoms with E-state index in [0.717, 1.165) is 4.57 Å². The molecule has 3 rings (SSSR count). The zero-order valence-electron chi connectivity index (χ0n) is 17.7. The summed E-state index contributed by atoms with van der Waals surface area (Å²) in [4.78, 5) is 50.3. The van der Waals surface area contributed by atoms with Gasteiger partial charge in [0.2, 0.25) is 0 Å². The normalized spacial score (nSPS) is 15.0. The fourth-order valence-electron chi connectivity index (χ4n) is 3.63. The number of ether oxygens (including phenoxy) is 2. The third kappa shape index (κ3) is 3.70. The van der Waals surface area contributed by atoms with Crippen molar-refractivity contribution in [1.82, 2.24) is 9.13 Å². The highest BCUT2D eigenvalue weighted by atomic mass is 16.5. The summed E-state index contributed by atoms with van der Waals surface area (Å²) in [6, 6.07) is 6.39. The molecule has 0 aliphatic carbocycles. The van der Waals surface area contributed by atoms with Gasteiger partial charge in [-0.25, -0.2) is 14.4 Å². The Kier molecular flexibility index (Phi) is 5.96. The summed E-state index contributed by atoms with van der Waals surface area (Å²) in [6.07, 6.45) is 1.45. The molecule has 1 aliphatic heterocycles. The number of allylic oxidation sites excluding steroid dienone is 1. The van der Waals surface area contributed by atoms with Gasteiger partial charge >= 0.3 is 17.6 Å².